The molecule has 4 aromatic rings. The van der Waals surface area contributed by atoms with Crippen molar-refractivity contribution < 1.29 is 4.39 Å². The summed E-state index contributed by atoms with van der Waals surface area (Å²) in [5.74, 6) is 0.0142. The lowest BCUT2D eigenvalue weighted by Gasteiger charge is -2.28. The highest BCUT2D eigenvalue weighted by Crippen LogP contribution is 2.33. The highest BCUT2D eigenvalue weighted by atomic mass is 19.1. The smallest absolute Gasteiger partial charge is 0.196 e. The van der Waals surface area contributed by atoms with E-state index in [1.807, 2.05) is 22.9 Å². The molecule has 36 heavy (non-hydrogen) atoms. The second-order valence-corrected chi connectivity index (χ2v) is 9.58. The van der Waals surface area contributed by atoms with Gasteiger partial charge in [0.15, 0.2) is 5.43 Å². The minimum absolute atomic E-state index is 0.200. The molecular formula is C29H30FN5O. The maximum Gasteiger partial charge on any atom is 0.196 e. The number of allylic oxidation sites excluding steroid dienone is 1. The molecule has 6 nitrogen and oxygen atoms in total. The number of nitrogens with two attached hydrogens (primary N) is 1. The van der Waals surface area contributed by atoms with Crippen molar-refractivity contribution in [2.75, 3.05) is 17.2 Å². The fourth-order valence-corrected chi connectivity index (χ4v) is 5.15. The Bertz CT molecular complexity index is 1510. The molecule has 0 radical (unpaired) electrons. The second-order valence-electron chi connectivity index (χ2n) is 9.58. The highest BCUT2D eigenvalue weighted by molar-refractivity contribution is 5.87. The van der Waals surface area contributed by atoms with E-state index in [0.717, 1.165) is 43.6 Å². The maximum absolute atomic E-state index is 15.6. The van der Waals surface area contributed by atoms with Gasteiger partial charge in [0.25, 0.3) is 0 Å². The Kier molecular flexibility index (Phi) is 6.31. The number of halogens is 1. The van der Waals surface area contributed by atoms with E-state index in [1.54, 1.807) is 31.5 Å². The van der Waals surface area contributed by atoms with Crippen LogP contribution >= 0.6 is 0 Å². The largest absolute Gasteiger partial charge is 0.384 e. The minimum Gasteiger partial charge on any atom is -0.384 e. The van der Waals surface area contributed by atoms with Crippen LogP contribution in [0, 0.1) is 12.7 Å². The van der Waals surface area contributed by atoms with Gasteiger partial charge in [-0.1, -0.05) is 12.6 Å². The fourth-order valence-electron chi connectivity index (χ4n) is 5.15. The average molecular weight is 484 g/mol. The predicted molar refractivity (Wildman–Crippen MR) is 144 cm³/mol. The van der Waals surface area contributed by atoms with Gasteiger partial charge in [0.2, 0.25) is 0 Å². The van der Waals surface area contributed by atoms with Gasteiger partial charge >= 0.3 is 0 Å². The molecule has 7 heteroatoms. The van der Waals surface area contributed by atoms with E-state index in [2.05, 4.69) is 34.4 Å². The molecule has 1 unspecified atom stereocenters. The summed E-state index contributed by atoms with van der Waals surface area (Å²) in [5.41, 5.74) is 10.8. The molecule has 2 N–H and O–H groups in total. The third-order valence-electron chi connectivity index (χ3n) is 7.10. The first-order valence-electron chi connectivity index (χ1n) is 12.3. The lowest BCUT2D eigenvalue weighted by atomic mass is 10.0. The molecule has 0 saturated carbocycles. The summed E-state index contributed by atoms with van der Waals surface area (Å²) in [6.45, 7) is 8.57. The molecule has 1 saturated heterocycles. The van der Waals surface area contributed by atoms with Crippen LogP contribution in [-0.2, 0) is 6.42 Å². The van der Waals surface area contributed by atoms with E-state index in [4.69, 9.17) is 5.73 Å². The molecule has 3 aromatic heterocycles. The van der Waals surface area contributed by atoms with Crippen molar-refractivity contribution >= 4 is 28.0 Å². The number of aromatic nitrogens is 3. The van der Waals surface area contributed by atoms with Crippen molar-refractivity contribution in [3.8, 4) is 5.69 Å². The van der Waals surface area contributed by atoms with Gasteiger partial charge in [0.1, 0.15) is 11.6 Å². The summed E-state index contributed by atoms with van der Waals surface area (Å²) in [5, 5.41) is 0.313. The lowest BCUT2D eigenvalue weighted by molar-refractivity contribution is 0.579. The minimum atomic E-state index is -0.388. The predicted octanol–water partition coefficient (Wildman–Crippen LogP) is 5.45. The summed E-state index contributed by atoms with van der Waals surface area (Å²) >= 11 is 0. The normalized spacial score (nSPS) is 15.5. The number of hydrogen-bond donors (Lipinski definition) is 1. The van der Waals surface area contributed by atoms with E-state index in [9.17, 15) is 4.79 Å². The fraction of sp³-hybridized carbons (Fsp3) is 0.276. The van der Waals surface area contributed by atoms with Gasteiger partial charge in [0.05, 0.1) is 23.1 Å². The van der Waals surface area contributed by atoms with Gasteiger partial charge in [-0.05, 0) is 81.0 Å². The molecule has 0 spiro atoms. The van der Waals surface area contributed by atoms with Crippen molar-refractivity contribution in [2.24, 2.45) is 0 Å². The Morgan fingerprint density at radius 1 is 1.25 bits per heavy atom. The van der Waals surface area contributed by atoms with Crippen LogP contribution in [0.5, 0.6) is 0 Å². The number of rotatable bonds is 6. The molecule has 1 atom stereocenters. The van der Waals surface area contributed by atoms with Crippen LogP contribution in [0.4, 0.5) is 15.9 Å². The van der Waals surface area contributed by atoms with Crippen LogP contribution in [0.3, 0.4) is 0 Å². The van der Waals surface area contributed by atoms with E-state index in [1.165, 1.54) is 11.6 Å². The molecule has 1 aromatic carbocycles. The van der Waals surface area contributed by atoms with Crippen LogP contribution < -0.4 is 16.1 Å². The van der Waals surface area contributed by atoms with E-state index in [0.29, 0.717) is 33.5 Å². The van der Waals surface area contributed by atoms with Crippen LogP contribution in [0.1, 0.15) is 43.0 Å². The summed E-state index contributed by atoms with van der Waals surface area (Å²) in [6.07, 6.45) is 8.94. The molecule has 5 rings (SSSR count). The Labute approximate surface area is 209 Å². The molecule has 0 amide bonds. The quantitative estimate of drug-likeness (QED) is 0.395. The first kappa shape index (κ1) is 23.7. The maximum atomic E-state index is 15.6. The number of fused-ring (bicyclic) bond motifs is 1. The Hall–Kier alpha value is -4.00. The van der Waals surface area contributed by atoms with Crippen LogP contribution in [-0.4, -0.2) is 27.1 Å². The van der Waals surface area contributed by atoms with Gasteiger partial charge in [-0.15, -0.1) is 0 Å². The summed E-state index contributed by atoms with van der Waals surface area (Å²) < 4.78 is 17.5. The summed E-state index contributed by atoms with van der Waals surface area (Å²) in [6, 6.07) is 10.9. The van der Waals surface area contributed by atoms with Gasteiger partial charge in [-0.3, -0.25) is 9.78 Å². The van der Waals surface area contributed by atoms with Crippen molar-refractivity contribution in [1.82, 2.24) is 14.5 Å². The molecule has 0 aliphatic carbocycles. The van der Waals surface area contributed by atoms with Gasteiger partial charge in [-0.25, -0.2) is 9.37 Å². The second kappa shape index (κ2) is 9.57. The Morgan fingerprint density at radius 2 is 2.08 bits per heavy atom. The molecular weight excluding hydrogens is 453 g/mol. The summed E-state index contributed by atoms with van der Waals surface area (Å²) in [7, 11) is 0. The summed E-state index contributed by atoms with van der Waals surface area (Å²) in [4.78, 5) is 24.1. The van der Waals surface area contributed by atoms with E-state index < -0.39 is 0 Å². The van der Waals surface area contributed by atoms with Crippen LogP contribution in [0.15, 0.2) is 66.4 Å². The first-order valence-corrected chi connectivity index (χ1v) is 12.3. The van der Waals surface area contributed by atoms with Crippen molar-refractivity contribution in [3.63, 3.8) is 0 Å². The number of aryl methyl sites for hydroxylation is 2. The SMILES string of the molecule is C=C(C)c1cn(-c2ccc(N)nc2)c2cc(N3CCCC3CCc3ncccc3C)c(F)cc2c1=O. The zero-order valence-electron chi connectivity index (χ0n) is 20.7. The first-order chi connectivity index (χ1) is 17.3. The van der Waals surface area contributed by atoms with E-state index >= 15 is 4.39 Å². The molecule has 4 heterocycles. The number of anilines is 2. The van der Waals surface area contributed by atoms with Crippen LogP contribution in [0.25, 0.3) is 22.2 Å². The number of pyridine rings is 3. The third-order valence-corrected chi connectivity index (χ3v) is 7.10. The van der Waals surface area contributed by atoms with E-state index in [-0.39, 0.29) is 17.3 Å². The topological polar surface area (TPSA) is 77.0 Å². The highest BCUT2D eigenvalue weighted by Gasteiger charge is 2.28. The zero-order chi connectivity index (χ0) is 25.4. The molecule has 1 aliphatic heterocycles. The van der Waals surface area contributed by atoms with Gasteiger partial charge < -0.3 is 15.2 Å². The molecule has 1 fully saturated rings. The lowest BCUT2D eigenvalue weighted by Crippen LogP contribution is -2.30. The Balaban J connectivity index is 1.59. The average Bonchev–Trinajstić information content (AvgIpc) is 3.32. The van der Waals surface area contributed by atoms with Crippen molar-refractivity contribution in [1.29, 1.82) is 0 Å². The monoisotopic (exact) mass is 483 g/mol. The van der Waals surface area contributed by atoms with Crippen molar-refractivity contribution in [2.45, 2.75) is 45.6 Å². The van der Waals surface area contributed by atoms with Crippen molar-refractivity contribution in [3.05, 3.63) is 94.4 Å². The number of nitrogens with zero attached hydrogens (tertiary/aromatic N) is 4. The molecule has 184 valence electrons. The standard InChI is InChI=1S/C29H30FN5O/c1-18(2)23-17-35(21-9-11-28(31)33-16-21)26-15-27(24(30)14-22(26)29(23)36)34-13-5-7-20(34)8-10-25-19(3)6-4-12-32-25/h4,6,9,11-12,14-17,20H,1,5,7-8,10,13H2,2-3H3,(H2,31,33). The number of benzene rings is 1. The number of nitrogen functional groups attached to an aromatic ring is 1. The third kappa shape index (κ3) is 4.37. The number of hydrogen-bond acceptors (Lipinski definition) is 5. The van der Waals surface area contributed by atoms with Crippen LogP contribution in [0.2, 0.25) is 0 Å². The molecule has 0 bridgehead atoms. The Morgan fingerprint density at radius 3 is 2.81 bits per heavy atom. The zero-order valence-corrected chi connectivity index (χ0v) is 20.7. The van der Waals surface area contributed by atoms with Gasteiger partial charge in [0, 0.05) is 41.6 Å². The molecule has 1 aliphatic rings. The van der Waals surface area contributed by atoms with Gasteiger partial charge in [-0.2, -0.15) is 0 Å².